The Hall–Kier alpha value is -2.58. The van der Waals surface area contributed by atoms with E-state index < -0.39 is 0 Å². The lowest BCUT2D eigenvalue weighted by molar-refractivity contribution is 0.481. The van der Waals surface area contributed by atoms with Crippen LogP contribution in [0.5, 0.6) is 5.75 Å². The number of hydrogen-bond acceptors (Lipinski definition) is 8. The third kappa shape index (κ3) is 2.81. The molecule has 3 aromatic carbocycles. The second kappa shape index (κ2) is 6.14. The second-order valence-electron chi connectivity index (χ2n) is 5.21. The molecule has 0 saturated heterocycles. The number of benzene rings is 3. The van der Waals surface area contributed by atoms with Gasteiger partial charge in [0.2, 0.25) is 0 Å². The van der Waals surface area contributed by atoms with E-state index in [-0.39, 0.29) is 17.1 Å². The van der Waals surface area contributed by atoms with E-state index in [1.54, 1.807) is 36.4 Å². The van der Waals surface area contributed by atoms with E-state index in [9.17, 15) is 5.11 Å². The highest BCUT2D eigenvalue weighted by Crippen LogP contribution is 2.46. The predicted molar refractivity (Wildman–Crippen MR) is 104 cm³/mol. The fourth-order valence-electron chi connectivity index (χ4n) is 2.31. The van der Waals surface area contributed by atoms with Crippen molar-refractivity contribution >= 4 is 64.5 Å². The first-order valence-electron chi connectivity index (χ1n) is 6.91. The molecule has 0 aliphatic rings. The maximum absolute atomic E-state index is 10.6. The van der Waals surface area contributed by atoms with E-state index in [2.05, 4.69) is 35.5 Å². The number of thiol groups is 2. The summed E-state index contributed by atoms with van der Waals surface area (Å²) < 4.78 is 0. The van der Waals surface area contributed by atoms with Crippen molar-refractivity contribution < 1.29 is 5.11 Å². The molecule has 0 aliphatic heterocycles. The van der Waals surface area contributed by atoms with Crippen LogP contribution in [0.15, 0.2) is 56.4 Å². The Morgan fingerprint density at radius 1 is 0.875 bits per heavy atom. The third-order valence-corrected chi connectivity index (χ3v) is 4.27. The van der Waals surface area contributed by atoms with Crippen molar-refractivity contribution in [3.05, 3.63) is 36.4 Å². The molecule has 24 heavy (non-hydrogen) atoms. The van der Waals surface area contributed by atoms with Gasteiger partial charge in [-0.05, 0) is 36.4 Å². The molecule has 7 N–H and O–H groups in total. The summed E-state index contributed by atoms with van der Waals surface area (Å²) in [6.07, 6.45) is 0. The van der Waals surface area contributed by atoms with E-state index in [1.165, 1.54) is 0 Å². The zero-order chi connectivity index (χ0) is 17.4. The summed E-state index contributed by atoms with van der Waals surface area (Å²) >= 11 is 8.74. The van der Waals surface area contributed by atoms with E-state index in [1.807, 2.05) is 0 Å². The van der Waals surface area contributed by atoms with Gasteiger partial charge in [-0.1, -0.05) is 0 Å². The van der Waals surface area contributed by atoms with Crippen molar-refractivity contribution in [3.8, 4) is 5.75 Å². The molecule has 6 nitrogen and oxygen atoms in total. The summed E-state index contributed by atoms with van der Waals surface area (Å²) in [6, 6.07) is 10.2. The van der Waals surface area contributed by atoms with E-state index in [0.29, 0.717) is 37.6 Å². The Morgan fingerprint density at radius 2 is 1.54 bits per heavy atom. The van der Waals surface area contributed by atoms with Gasteiger partial charge in [0, 0.05) is 20.9 Å². The highest BCUT2D eigenvalue weighted by atomic mass is 32.1. The van der Waals surface area contributed by atoms with Crippen LogP contribution in [0.2, 0.25) is 0 Å². The van der Waals surface area contributed by atoms with Crippen molar-refractivity contribution in [3.63, 3.8) is 0 Å². The molecule has 0 heterocycles. The second-order valence-corrected chi connectivity index (χ2v) is 6.17. The van der Waals surface area contributed by atoms with Gasteiger partial charge in [0.15, 0.2) is 5.75 Å². The van der Waals surface area contributed by atoms with Crippen LogP contribution in [0.1, 0.15) is 0 Å². The van der Waals surface area contributed by atoms with Crippen LogP contribution in [-0.4, -0.2) is 5.11 Å². The monoisotopic (exact) mass is 357 g/mol. The zero-order valence-corrected chi connectivity index (χ0v) is 14.2. The highest BCUT2D eigenvalue weighted by molar-refractivity contribution is 7.80. The van der Waals surface area contributed by atoms with Gasteiger partial charge < -0.3 is 22.3 Å². The summed E-state index contributed by atoms with van der Waals surface area (Å²) in [6.45, 7) is 0. The molecule has 8 heteroatoms. The molecule has 3 aromatic rings. The molecule has 0 saturated carbocycles. The highest BCUT2D eigenvalue weighted by Gasteiger charge is 2.16. The van der Waals surface area contributed by atoms with Crippen LogP contribution in [-0.2, 0) is 0 Å². The van der Waals surface area contributed by atoms with E-state index in [0.717, 1.165) is 0 Å². The van der Waals surface area contributed by atoms with Gasteiger partial charge in [0.1, 0.15) is 5.69 Å². The summed E-state index contributed by atoms with van der Waals surface area (Å²) in [7, 11) is 0. The number of nitrogens with two attached hydrogens (primary N) is 3. The number of hydrogen-bond donors (Lipinski definition) is 6. The Morgan fingerprint density at radius 3 is 2.21 bits per heavy atom. The molecular weight excluding hydrogens is 342 g/mol. The summed E-state index contributed by atoms with van der Waals surface area (Å²) in [5.74, 6) is -0.142. The minimum atomic E-state index is -0.142. The van der Waals surface area contributed by atoms with Crippen LogP contribution in [0, 0.1) is 0 Å². The summed E-state index contributed by atoms with van der Waals surface area (Å²) in [5.41, 5.74) is 19.5. The number of fused-ring (bicyclic) bond motifs is 1. The molecule has 0 aliphatic carbocycles. The molecule has 0 spiro atoms. The largest absolute Gasteiger partial charge is 0.505 e. The molecule has 3 rings (SSSR count). The van der Waals surface area contributed by atoms with Crippen molar-refractivity contribution in [2.45, 2.75) is 9.79 Å². The molecule has 0 aromatic heterocycles. The Balaban J connectivity index is 2.18. The van der Waals surface area contributed by atoms with Crippen molar-refractivity contribution in [1.82, 2.24) is 0 Å². The maximum Gasteiger partial charge on any atom is 0.154 e. The Kier molecular flexibility index (Phi) is 4.16. The molecule has 0 fully saturated rings. The molecule has 0 unspecified atom stereocenters. The van der Waals surface area contributed by atoms with Gasteiger partial charge in [-0.25, -0.2) is 0 Å². The van der Waals surface area contributed by atoms with Gasteiger partial charge in [-0.3, -0.25) is 0 Å². The third-order valence-electron chi connectivity index (χ3n) is 3.56. The van der Waals surface area contributed by atoms with E-state index >= 15 is 0 Å². The maximum atomic E-state index is 10.6. The summed E-state index contributed by atoms with van der Waals surface area (Å²) in [4.78, 5) is 1.03. The molecule has 0 amide bonds. The quantitative estimate of drug-likeness (QED) is 0.233. The Labute approximate surface area is 149 Å². The first kappa shape index (κ1) is 16.3. The minimum absolute atomic E-state index is 0.142. The SMILES string of the molecule is Nc1ccc(N=Nc2c(S)cc3c(S)cc(N)c(N)c3c2O)cc1. The Bertz CT molecular complexity index is 971. The number of rotatable bonds is 2. The number of anilines is 3. The van der Waals surface area contributed by atoms with Crippen molar-refractivity contribution in [2.75, 3.05) is 17.2 Å². The van der Waals surface area contributed by atoms with Crippen LogP contribution in [0.4, 0.5) is 28.4 Å². The molecule has 122 valence electrons. The first-order chi connectivity index (χ1) is 11.4. The van der Waals surface area contributed by atoms with Crippen molar-refractivity contribution in [2.24, 2.45) is 10.2 Å². The number of phenols is 1. The fourth-order valence-corrected chi connectivity index (χ4v) is 2.91. The van der Waals surface area contributed by atoms with Crippen LogP contribution < -0.4 is 17.2 Å². The molecule has 0 atom stereocenters. The number of nitrogens with zero attached hydrogens (tertiary/aromatic N) is 2. The first-order valence-corrected chi connectivity index (χ1v) is 7.80. The molecule has 0 bridgehead atoms. The van der Waals surface area contributed by atoms with Gasteiger partial charge in [0.05, 0.1) is 22.4 Å². The van der Waals surface area contributed by atoms with Gasteiger partial charge in [-0.15, -0.1) is 30.4 Å². The number of aromatic hydroxyl groups is 1. The predicted octanol–water partition coefficient (Wildman–Crippen LogP) is 4.28. The van der Waals surface area contributed by atoms with Gasteiger partial charge in [-0.2, -0.15) is 5.11 Å². The fraction of sp³-hybridized carbons (Fsp3) is 0. The van der Waals surface area contributed by atoms with Crippen LogP contribution >= 0.6 is 25.3 Å². The average molecular weight is 357 g/mol. The smallest absolute Gasteiger partial charge is 0.154 e. The van der Waals surface area contributed by atoms with Crippen LogP contribution in [0.25, 0.3) is 10.8 Å². The zero-order valence-electron chi connectivity index (χ0n) is 12.4. The van der Waals surface area contributed by atoms with Crippen LogP contribution in [0.3, 0.4) is 0 Å². The molecule has 0 radical (unpaired) electrons. The lowest BCUT2D eigenvalue weighted by atomic mass is 10.1. The summed E-state index contributed by atoms with van der Waals surface area (Å²) in [5, 5.41) is 19.8. The lowest BCUT2D eigenvalue weighted by Gasteiger charge is -2.12. The van der Waals surface area contributed by atoms with Gasteiger partial charge in [0.25, 0.3) is 0 Å². The number of phenolic OH excluding ortho intramolecular Hbond substituents is 1. The lowest BCUT2D eigenvalue weighted by Crippen LogP contribution is -1.96. The topological polar surface area (TPSA) is 123 Å². The van der Waals surface area contributed by atoms with Crippen molar-refractivity contribution in [1.29, 1.82) is 0 Å². The molecular formula is C16H15N5OS2. The van der Waals surface area contributed by atoms with E-state index in [4.69, 9.17) is 17.2 Å². The average Bonchev–Trinajstić information content (AvgIpc) is 2.54. The normalized spacial score (nSPS) is 11.4. The number of nitrogen functional groups attached to an aromatic ring is 3. The standard InChI is InChI=1S/C16H15N5OS2/c17-7-1-3-8(4-2-7)20-21-15-12(24)5-9-11(23)6-10(18)14(19)13(9)16(15)22/h1-6,22-24H,17-19H2. The minimum Gasteiger partial charge on any atom is -0.505 e. The number of azo groups is 1. The van der Waals surface area contributed by atoms with Gasteiger partial charge >= 0.3 is 0 Å².